The van der Waals surface area contributed by atoms with E-state index in [1.807, 2.05) is 6.92 Å². The molecule has 1 aromatic carbocycles. The molecule has 0 aromatic heterocycles. The van der Waals surface area contributed by atoms with E-state index >= 15 is 0 Å². The third-order valence-electron chi connectivity index (χ3n) is 4.32. The number of alkyl halides is 3. The Morgan fingerprint density at radius 3 is 2.70 bits per heavy atom. The van der Waals surface area contributed by atoms with Crippen molar-refractivity contribution in [2.75, 3.05) is 11.9 Å². The van der Waals surface area contributed by atoms with Crippen LogP contribution in [-0.2, 0) is 4.79 Å². The first-order chi connectivity index (χ1) is 10.6. The van der Waals surface area contributed by atoms with Crippen molar-refractivity contribution in [1.29, 1.82) is 0 Å². The van der Waals surface area contributed by atoms with Gasteiger partial charge < -0.3 is 15.4 Å². The summed E-state index contributed by atoms with van der Waals surface area (Å²) in [5, 5.41) is 0. The van der Waals surface area contributed by atoms with Gasteiger partial charge in [-0.1, -0.05) is 18.9 Å². The molecule has 1 aliphatic rings. The highest BCUT2D eigenvalue weighted by Crippen LogP contribution is 2.34. The molecule has 1 aromatic rings. The predicted molar refractivity (Wildman–Crippen MR) is 81.1 cm³/mol. The topological polar surface area (TPSA) is 55.6 Å². The van der Waals surface area contributed by atoms with Gasteiger partial charge in [0, 0.05) is 24.3 Å². The second-order valence-corrected chi connectivity index (χ2v) is 6.25. The van der Waals surface area contributed by atoms with Crippen molar-refractivity contribution in [1.82, 2.24) is 0 Å². The van der Waals surface area contributed by atoms with Crippen molar-refractivity contribution in [2.45, 2.75) is 44.5 Å². The van der Waals surface area contributed by atoms with Gasteiger partial charge in [-0.3, -0.25) is 4.79 Å². The lowest BCUT2D eigenvalue weighted by molar-refractivity contribution is -0.274. The molecule has 0 radical (unpaired) electrons. The molecule has 7 heteroatoms. The summed E-state index contributed by atoms with van der Waals surface area (Å²) < 4.78 is 40.8. The van der Waals surface area contributed by atoms with Gasteiger partial charge in [-0.15, -0.1) is 13.2 Å². The molecule has 0 heterocycles. The van der Waals surface area contributed by atoms with Crippen LogP contribution in [0.15, 0.2) is 24.3 Å². The largest absolute Gasteiger partial charge is 0.573 e. The maximum Gasteiger partial charge on any atom is 0.573 e. The maximum atomic E-state index is 12.7. The lowest BCUT2D eigenvalue weighted by atomic mass is 9.74. The number of nitrogens with zero attached hydrogens (tertiary/aromatic N) is 1. The van der Waals surface area contributed by atoms with Gasteiger partial charge in [-0.05, 0) is 31.9 Å². The zero-order chi connectivity index (χ0) is 17.3. The number of carbonyl (C=O) groups excluding carboxylic acids is 1. The molecule has 128 valence electrons. The normalized spacial score (nSPS) is 25.0. The highest BCUT2D eigenvalue weighted by atomic mass is 19.4. The van der Waals surface area contributed by atoms with E-state index in [4.69, 9.17) is 5.73 Å². The Hall–Kier alpha value is -1.76. The zero-order valence-electron chi connectivity index (χ0n) is 13.2. The molecular weight excluding hydrogens is 309 g/mol. The number of ether oxygens (including phenoxy) is 1. The van der Waals surface area contributed by atoms with E-state index < -0.39 is 11.9 Å². The molecule has 1 saturated carbocycles. The van der Waals surface area contributed by atoms with Gasteiger partial charge >= 0.3 is 6.36 Å². The lowest BCUT2D eigenvalue weighted by Gasteiger charge is -2.39. The van der Waals surface area contributed by atoms with E-state index in [0.717, 1.165) is 19.3 Å². The Morgan fingerprint density at radius 2 is 2.09 bits per heavy atom. The molecule has 1 fully saturated rings. The third-order valence-corrected chi connectivity index (χ3v) is 4.32. The van der Waals surface area contributed by atoms with Gasteiger partial charge in [-0.2, -0.15) is 0 Å². The fourth-order valence-electron chi connectivity index (χ4n) is 3.01. The van der Waals surface area contributed by atoms with Crippen LogP contribution in [0.2, 0.25) is 0 Å². The van der Waals surface area contributed by atoms with Crippen molar-refractivity contribution in [3.8, 4) is 5.75 Å². The van der Waals surface area contributed by atoms with Crippen molar-refractivity contribution < 1.29 is 22.7 Å². The average Bonchev–Trinajstić information content (AvgIpc) is 2.44. The first-order valence-electron chi connectivity index (χ1n) is 7.52. The predicted octanol–water partition coefficient (Wildman–Crippen LogP) is 3.46. The lowest BCUT2D eigenvalue weighted by Crippen LogP contribution is -2.53. The Kier molecular flexibility index (Phi) is 4.89. The Bertz CT molecular complexity index is 573. The Balaban J connectivity index is 2.18. The van der Waals surface area contributed by atoms with Crippen LogP contribution in [0.1, 0.15) is 32.6 Å². The Morgan fingerprint density at radius 1 is 1.39 bits per heavy atom. The summed E-state index contributed by atoms with van der Waals surface area (Å²) in [5.74, 6) is -0.874. The summed E-state index contributed by atoms with van der Waals surface area (Å²) in [6, 6.07) is 5.38. The van der Waals surface area contributed by atoms with Crippen LogP contribution in [0.5, 0.6) is 5.75 Å². The summed E-state index contributed by atoms with van der Waals surface area (Å²) in [4.78, 5) is 14.0. The molecule has 2 atom stereocenters. The van der Waals surface area contributed by atoms with Gasteiger partial charge in [0.25, 0.3) is 0 Å². The van der Waals surface area contributed by atoms with Gasteiger partial charge in [0.2, 0.25) is 5.91 Å². The summed E-state index contributed by atoms with van der Waals surface area (Å²) in [5.41, 5.74) is 5.98. The highest BCUT2D eigenvalue weighted by Gasteiger charge is 2.39. The van der Waals surface area contributed by atoms with Crippen LogP contribution in [0, 0.1) is 5.92 Å². The number of nitrogens with two attached hydrogens (primary N) is 1. The van der Waals surface area contributed by atoms with Crippen LogP contribution < -0.4 is 15.4 Å². The second kappa shape index (κ2) is 6.39. The fraction of sp³-hybridized carbons (Fsp3) is 0.562. The summed E-state index contributed by atoms with van der Waals surface area (Å²) >= 11 is 0. The van der Waals surface area contributed by atoms with Crippen LogP contribution in [-0.4, -0.2) is 24.9 Å². The van der Waals surface area contributed by atoms with Gasteiger partial charge in [0.05, 0.1) is 5.92 Å². The van der Waals surface area contributed by atoms with Crippen molar-refractivity contribution >= 4 is 11.6 Å². The SMILES string of the molecule is CN(C(=O)C1CCCCC1(C)N)c1cccc(OC(F)(F)F)c1. The van der Waals surface area contributed by atoms with Crippen molar-refractivity contribution in [3.63, 3.8) is 0 Å². The van der Waals surface area contributed by atoms with E-state index in [2.05, 4.69) is 4.74 Å². The van der Waals surface area contributed by atoms with E-state index in [1.54, 1.807) is 13.1 Å². The monoisotopic (exact) mass is 330 g/mol. The molecule has 0 spiro atoms. The molecule has 2 N–H and O–H groups in total. The van der Waals surface area contributed by atoms with Crippen LogP contribution in [0.4, 0.5) is 18.9 Å². The molecular formula is C16H21F3N2O2. The first-order valence-corrected chi connectivity index (χ1v) is 7.52. The van der Waals surface area contributed by atoms with Gasteiger partial charge in [0.1, 0.15) is 5.75 Å². The minimum absolute atomic E-state index is 0.182. The maximum absolute atomic E-state index is 12.7. The molecule has 2 rings (SSSR count). The highest BCUT2D eigenvalue weighted by molar-refractivity contribution is 5.95. The fourth-order valence-corrected chi connectivity index (χ4v) is 3.01. The summed E-state index contributed by atoms with van der Waals surface area (Å²) in [7, 11) is 1.54. The minimum atomic E-state index is -4.76. The van der Waals surface area contributed by atoms with Crippen molar-refractivity contribution in [2.24, 2.45) is 11.7 Å². The summed E-state index contributed by atoms with van der Waals surface area (Å²) in [6.45, 7) is 1.85. The Labute approximate surface area is 133 Å². The van der Waals surface area contributed by atoms with Gasteiger partial charge in [0.15, 0.2) is 0 Å². The minimum Gasteiger partial charge on any atom is -0.406 e. The van der Waals surface area contributed by atoms with Crippen LogP contribution >= 0.6 is 0 Å². The smallest absolute Gasteiger partial charge is 0.406 e. The molecule has 1 amide bonds. The standard InChI is InChI=1S/C16H21F3N2O2/c1-15(20)9-4-3-8-13(15)14(22)21(2)11-6-5-7-12(10-11)23-16(17,18)19/h5-7,10,13H,3-4,8-9,20H2,1-2H3. The van der Waals surface area contributed by atoms with Gasteiger partial charge in [-0.25, -0.2) is 0 Å². The first kappa shape index (κ1) is 17.6. The number of halogens is 3. The van der Waals surface area contributed by atoms with Crippen LogP contribution in [0.3, 0.4) is 0 Å². The number of hydrogen-bond acceptors (Lipinski definition) is 3. The molecule has 0 bridgehead atoms. The molecule has 4 nitrogen and oxygen atoms in total. The number of hydrogen-bond donors (Lipinski definition) is 1. The molecule has 2 unspecified atom stereocenters. The van der Waals surface area contributed by atoms with E-state index in [0.29, 0.717) is 12.1 Å². The molecule has 1 aliphatic carbocycles. The molecule has 23 heavy (non-hydrogen) atoms. The zero-order valence-corrected chi connectivity index (χ0v) is 13.2. The van der Waals surface area contributed by atoms with E-state index in [1.165, 1.54) is 23.1 Å². The third kappa shape index (κ3) is 4.37. The number of amides is 1. The quantitative estimate of drug-likeness (QED) is 0.923. The number of benzene rings is 1. The van der Waals surface area contributed by atoms with E-state index in [-0.39, 0.29) is 17.6 Å². The molecule has 0 aliphatic heterocycles. The number of carbonyl (C=O) groups is 1. The number of anilines is 1. The second-order valence-electron chi connectivity index (χ2n) is 6.25. The summed E-state index contributed by atoms with van der Waals surface area (Å²) in [6.07, 6.45) is -1.41. The van der Waals surface area contributed by atoms with E-state index in [9.17, 15) is 18.0 Å². The number of rotatable bonds is 3. The van der Waals surface area contributed by atoms with Crippen molar-refractivity contribution in [3.05, 3.63) is 24.3 Å². The average molecular weight is 330 g/mol. The van der Waals surface area contributed by atoms with Crippen LogP contribution in [0.25, 0.3) is 0 Å². The molecule has 0 saturated heterocycles.